The molecule has 2 rings (SSSR count). The molecule has 0 aliphatic carbocycles. The van der Waals surface area contributed by atoms with Crippen molar-refractivity contribution in [3.63, 3.8) is 0 Å². The molecule has 0 N–H and O–H groups in total. The molecule has 3 nitrogen and oxygen atoms in total. The lowest BCUT2D eigenvalue weighted by atomic mass is 9.92. The first-order chi connectivity index (χ1) is 8.65. The summed E-state index contributed by atoms with van der Waals surface area (Å²) in [6, 6.07) is 5.90. The van der Waals surface area contributed by atoms with E-state index in [4.69, 9.17) is 11.6 Å². The average Bonchev–Trinajstić information content (AvgIpc) is 2.39. The predicted molar refractivity (Wildman–Crippen MR) is 71.3 cm³/mol. The van der Waals surface area contributed by atoms with Gasteiger partial charge in [-0.3, -0.25) is 4.98 Å². The molecule has 0 amide bonds. The van der Waals surface area contributed by atoms with Crippen LogP contribution in [-0.2, 0) is 0 Å². The Morgan fingerprint density at radius 2 is 2.11 bits per heavy atom. The number of rotatable bonds is 2. The molecule has 2 heterocycles. The number of halogens is 1. The van der Waals surface area contributed by atoms with Crippen LogP contribution < -0.4 is 0 Å². The van der Waals surface area contributed by atoms with Crippen molar-refractivity contribution in [2.24, 2.45) is 0 Å². The molecule has 2 aromatic rings. The van der Waals surface area contributed by atoms with Crippen molar-refractivity contribution < 1.29 is 0 Å². The molecule has 4 heteroatoms. The first-order valence-corrected chi connectivity index (χ1v) is 6.01. The fraction of sp³-hybridized carbons (Fsp3) is 0.214. The van der Waals surface area contributed by atoms with E-state index in [1.807, 2.05) is 12.1 Å². The minimum absolute atomic E-state index is 0.237. The Hall–Kier alpha value is -1.92. The van der Waals surface area contributed by atoms with Gasteiger partial charge in [-0.1, -0.05) is 31.5 Å². The molecule has 2 aromatic heterocycles. The van der Waals surface area contributed by atoms with Gasteiger partial charge in [-0.05, 0) is 17.5 Å². The van der Waals surface area contributed by atoms with Crippen LogP contribution in [0, 0.1) is 11.3 Å². The normalized spacial score (nSPS) is 10.4. The van der Waals surface area contributed by atoms with Gasteiger partial charge in [-0.25, -0.2) is 4.98 Å². The lowest BCUT2D eigenvalue weighted by Gasteiger charge is -2.14. The zero-order valence-electron chi connectivity index (χ0n) is 10.2. The summed E-state index contributed by atoms with van der Waals surface area (Å²) in [5, 5.41) is 9.51. The molecule has 18 heavy (non-hydrogen) atoms. The van der Waals surface area contributed by atoms with Gasteiger partial charge in [0.1, 0.15) is 11.2 Å². The number of nitrogens with zero attached hydrogens (tertiary/aromatic N) is 3. The van der Waals surface area contributed by atoms with Gasteiger partial charge < -0.3 is 0 Å². The molecule has 0 atom stereocenters. The maximum absolute atomic E-state index is 9.27. The Morgan fingerprint density at radius 1 is 1.33 bits per heavy atom. The molecule has 0 aliphatic heterocycles. The summed E-state index contributed by atoms with van der Waals surface area (Å²) in [6.07, 6.45) is 5.17. The molecule has 0 saturated carbocycles. The molecule has 0 saturated heterocycles. The number of pyridine rings is 2. The Labute approximate surface area is 111 Å². The molecule has 90 valence electrons. The van der Waals surface area contributed by atoms with E-state index in [9.17, 15) is 5.26 Å². The summed E-state index contributed by atoms with van der Waals surface area (Å²) in [6.45, 7) is 4.12. The fourth-order valence-corrected chi connectivity index (χ4v) is 2.05. The summed E-state index contributed by atoms with van der Waals surface area (Å²) in [5.41, 5.74) is 3.14. The summed E-state index contributed by atoms with van der Waals surface area (Å²) >= 11 is 6.00. The van der Waals surface area contributed by atoms with E-state index in [-0.39, 0.29) is 11.1 Å². The van der Waals surface area contributed by atoms with Gasteiger partial charge in [0, 0.05) is 29.7 Å². The minimum atomic E-state index is 0.237. The second-order valence-electron chi connectivity index (χ2n) is 4.26. The van der Waals surface area contributed by atoms with Crippen LogP contribution in [-0.4, -0.2) is 9.97 Å². The quantitative estimate of drug-likeness (QED) is 0.769. The highest BCUT2D eigenvalue weighted by Crippen LogP contribution is 2.33. The standard InChI is InChI=1S/C14H12ClN3/c1-9(2)12-8-18-14(15)11(6-16)13(12)10-4-3-5-17-7-10/h3-5,7-9H,1-2H3. The van der Waals surface area contributed by atoms with E-state index in [0.29, 0.717) is 5.56 Å². The molecule has 0 unspecified atom stereocenters. The SMILES string of the molecule is CC(C)c1cnc(Cl)c(C#N)c1-c1cccnc1. The Kier molecular flexibility index (Phi) is 3.59. The van der Waals surface area contributed by atoms with Gasteiger partial charge in [0.05, 0.1) is 5.56 Å². The second-order valence-corrected chi connectivity index (χ2v) is 4.62. The molecule has 0 aliphatic rings. The van der Waals surface area contributed by atoms with Crippen molar-refractivity contribution in [1.29, 1.82) is 5.26 Å². The Morgan fingerprint density at radius 3 is 2.67 bits per heavy atom. The first kappa shape index (κ1) is 12.5. The lowest BCUT2D eigenvalue weighted by Crippen LogP contribution is -1.99. The van der Waals surface area contributed by atoms with Gasteiger partial charge in [-0.2, -0.15) is 5.26 Å². The number of aromatic nitrogens is 2. The van der Waals surface area contributed by atoms with E-state index in [2.05, 4.69) is 29.9 Å². The molecular formula is C14H12ClN3. The van der Waals surface area contributed by atoms with Gasteiger partial charge in [0.25, 0.3) is 0 Å². The van der Waals surface area contributed by atoms with Crippen LogP contribution in [0.25, 0.3) is 11.1 Å². The van der Waals surface area contributed by atoms with E-state index in [1.165, 1.54) is 0 Å². The van der Waals surface area contributed by atoms with Crippen molar-refractivity contribution >= 4 is 11.6 Å². The number of nitriles is 1. The molecular weight excluding hydrogens is 246 g/mol. The van der Waals surface area contributed by atoms with Gasteiger partial charge >= 0.3 is 0 Å². The maximum atomic E-state index is 9.27. The Bertz CT molecular complexity index is 600. The van der Waals surface area contributed by atoms with Crippen LogP contribution in [0.3, 0.4) is 0 Å². The average molecular weight is 258 g/mol. The third-order valence-corrected chi connectivity index (χ3v) is 3.03. The zero-order chi connectivity index (χ0) is 13.1. The highest BCUT2D eigenvalue weighted by atomic mass is 35.5. The van der Waals surface area contributed by atoms with Crippen molar-refractivity contribution in [2.75, 3.05) is 0 Å². The van der Waals surface area contributed by atoms with Gasteiger partial charge in [0.2, 0.25) is 0 Å². The maximum Gasteiger partial charge on any atom is 0.147 e. The van der Waals surface area contributed by atoms with Crippen LogP contribution >= 0.6 is 11.6 Å². The first-order valence-electron chi connectivity index (χ1n) is 5.64. The van der Waals surface area contributed by atoms with E-state index < -0.39 is 0 Å². The van der Waals surface area contributed by atoms with Crippen molar-refractivity contribution in [3.05, 3.63) is 47.0 Å². The number of hydrogen-bond acceptors (Lipinski definition) is 3. The highest BCUT2D eigenvalue weighted by Gasteiger charge is 2.17. The second kappa shape index (κ2) is 5.16. The monoisotopic (exact) mass is 257 g/mol. The smallest absolute Gasteiger partial charge is 0.147 e. The van der Waals surface area contributed by atoms with Gasteiger partial charge in [0.15, 0.2) is 0 Å². The van der Waals surface area contributed by atoms with Crippen molar-refractivity contribution in [2.45, 2.75) is 19.8 Å². The lowest BCUT2D eigenvalue weighted by molar-refractivity contribution is 0.859. The van der Waals surface area contributed by atoms with Crippen molar-refractivity contribution in [1.82, 2.24) is 9.97 Å². The van der Waals surface area contributed by atoms with Crippen LogP contribution in [0.4, 0.5) is 0 Å². The minimum Gasteiger partial charge on any atom is -0.264 e. The van der Waals surface area contributed by atoms with Crippen LogP contribution in [0.1, 0.15) is 30.9 Å². The summed E-state index contributed by atoms with van der Waals surface area (Å²) in [5.74, 6) is 0.261. The number of hydrogen-bond donors (Lipinski definition) is 0. The highest BCUT2D eigenvalue weighted by molar-refractivity contribution is 6.31. The summed E-state index contributed by atoms with van der Waals surface area (Å²) in [4.78, 5) is 8.17. The zero-order valence-corrected chi connectivity index (χ0v) is 10.9. The van der Waals surface area contributed by atoms with Crippen LogP contribution in [0.5, 0.6) is 0 Å². The van der Waals surface area contributed by atoms with Crippen molar-refractivity contribution in [3.8, 4) is 17.2 Å². The molecule has 0 fully saturated rings. The van der Waals surface area contributed by atoms with E-state index >= 15 is 0 Å². The molecule has 0 spiro atoms. The van der Waals surface area contributed by atoms with Gasteiger partial charge in [-0.15, -0.1) is 0 Å². The third kappa shape index (κ3) is 2.20. The van der Waals surface area contributed by atoms with Crippen LogP contribution in [0.15, 0.2) is 30.7 Å². The van der Waals surface area contributed by atoms with E-state index in [0.717, 1.165) is 16.7 Å². The summed E-state index contributed by atoms with van der Waals surface area (Å²) < 4.78 is 0. The summed E-state index contributed by atoms with van der Waals surface area (Å²) in [7, 11) is 0. The molecule has 0 aromatic carbocycles. The predicted octanol–water partition coefficient (Wildman–Crippen LogP) is 3.79. The third-order valence-electron chi connectivity index (χ3n) is 2.75. The van der Waals surface area contributed by atoms with E-state index in [1.54, 1.807) is 18.6 Å². The molecule has 0 bridgehead atoms. The topological polar surface area (TPSA) is 49.6 Å². The van der Waals surface area contributed by atoms with Crippen LogP contribution in [0.2, 0.25) is 5.15 Å². The molecule has 0 radical (unpaired) electrons. The fourth-order valence-electron chi connectivity index (χ4n) is 1.86. The Balaban J connectivity index is 2.78. The largest absolute Gasteiger partial charge is 0.264 e.